The summed E-state index contributed by atoms with van der Waals surface area (Å²) in [6.07, 6.45) is 0. The number of pyridine rings is 1. The Morgan fingerprint density at radius 3 is 2.58 bits per heavy atom. The van der Waals surface area contributed by atoms with Crippen molar-refractivity contribution in [1.29, 1.82) is 0 Å². The minimum Gasteiger partial charge on any atom is -0.383 e. The molecular weight excluding hydrogens is 326 g/mol. The van der Waals surface area contributed by atoms with E-state index in [9.17, 15) is 0 Å². The highest BCUT2D eigenvalue weighted by atomic mass is 15.6. The monoisotopic (exact) mass is 345 g/mol. The first kappa shape index (κ1) is 16.0. The predicted octanol–water partition coefficient (Wildman–Crippen LogP) is 3.04. The summed E-state index contributed by atoms with van der Waals surface area (Å²) in [5, 5.41) is 19.7. The van der Waals surface area contributed by atoms with Gasteiger partial charge in [-0.25, -0.2) is 0 Å². The molecular formula is C19H19N7. The van der Waals surface area contributed by atoms with E-state index >= 15 is 0 Å². The lowest BCUT2D eigenvalue weighted by atomic mass is 10.1. The minimum absolute atomic E-state index is 0.619. The van der Waals surface area contributed by atoms with Crippen LogP contribution in [0.15, 0.2) is 60.7 Å². The molecule has 4 rings (SSSR count). The van der Waals surface area contributed by atoms with E-state index in [1.807, 2.05) is 55.5 Å². The molecule has 0 aliphatic rings. The zero-order valence-corrected chi connectivity index (χ0v) is 14.4. The third kappa shape index (κ3) is 3.32. The van der Waals surface area contributed by atoms with Gasteiger partial charge in [0.25, 0.3) is 0 Å². The van der Waals surface area contributed by atoms with Gasteiger partial charge in [-0.1, -0.05) is 41.5 Å². The number of hydrogen-bond donors (Lipinski definition) is 2. The minimum atomic E-state index is 0.619. The van der Waals surface area contributed by atoms with Gasteiger partial charge in [-0.2, -0.15) is 4.68 Å². The molecule has 0 saturated carbocycles. The van der Waals surface area contributed by atoms with Crippen molar-refractivity contribution < 1.29 is 0 Å². The van der Waals surface area contributed by atoms with E-state index in [1.165, 1.54) is 0 Å². The number of nitrogens with one attached hydrogen (secondary N) is 2. The summed E-state index contributed by atoms with van der Waals surface area (Å²) >= 11 is 0. The van der Waals surface area contributed by atoms with E-state index < -0.39 is 0 Å². The fraction of sp³-hybridized carbons (Fsp3) is 0.158. The summed E-state index contributed by atoms with van der Waals surface area (Å²) in [4.78, 5) is 4.56. The summed E-state index contributed by atoms with van der Waals surface area (Å²) in [5.41, 5.74) is 3.99. The van der Waals surface area contributed by atoms with Crippen LogP contribution in [0.5, 0.6) is 0 Å². The molecule has 0 unspecified atom stereocenters. The van der Waals surface area contributed by atoms with Gasteiger partial charge in [0.15, 0.2) is 0 Å². The quantitative estimate of drug-likeness (QED) is 0.523. The summed E-state index contributed by atoms with van der Waals surface area (Å²) in [7, 11) is 0. The highest BCUT2D eigenvalue weighted by Gasteiger charge is 2.07. The molecule has 2 aromatic heterocycles. The Bertz CT molecular complexity index is 1010. The molecule has 0 spiro atoms. The molecule has 7 nitrogen and oxygen atoms in total. The number of tetrazole rings is 1. The molecule has 0 radical (unpaired) electrons. The van der Waals surface area contributed by atoms with Gasteiger partial charge in [-0.05, 0) is 41.6 Å². The van der Waals surface area contributed by atoms with Crippen LogP contribution in [-0.4, -0.2) is 38.3 Å². The van der Waals surface area contributed by atoms with Crippen LogP contribution in [0.3, 0.4) is 0 Å². The smallest absolute Gasteiger partial charge is 0.247 e. The van der Waals surface area contributed by atoms with Gasteiger partial charge in [0.2, 0.25) is 5.95 Å². The molecule has 26 heavy (non-hydrogen) atoms. The van der Waals surface area contributed by atoms with Crippen LogP contribution in [-0.2, 0) is 0 Å². The number of hydrogen-bond acceptors (Lipinski definition) is 6. The van der Waals surface area contributed by atoms with E-state index in [2.05, 4.69) is 43.3 Å². The molecule has 0 bridgehead atoms. The summed E-state index contributed by atoms with van der Waals surface area (Å²) in [6, 6.07) is 20.0. The third-order valence-corrected chi connectivity index (χ3v) is 4.04. The lowest BCUT2D eigenvalue weighted by Crippen LogP contribution is -2.16. The van der Waals surface area contributed by atoms with Crippen LogP contribution in [0.1, 0.15) is 5.69 Å². The van der Waals surface area contributed by atoms with Crippen LogP contribution >= 0.6 is 0 Å². The highest BCUT2D eigenvalue weighted by Crippen LogP contribution is 2.22. The van der Waals surface area contributed by atoms with Crippen molar-refractivity contribution in [1.82, 2.24) is 25.2 Å². The fourth-order valence-corrected chi connectivity index (χ4v) is 2.87. The van der Waals surface area contributed by atoms with E-state index in [1.54, 1.807) is 4.68 Å². The first-order valence-corrected chi connectivity index (χ1v) is 8.49. The number of nitrogens with zero attached hydrogens (tertiary/aromatic N) is 5. The molecule has 0 saturated heterocycles. The van der Waals surface area contributed by atoms with Gasteiger partial charge < -0.3 is 10.6 Å². The maximum absolute atomic E-state index is 4.56. The zero-order chi connectivity index (χ0) is 17.8. The molecule has 0 atom stereocenters. The molecule has 0 aliphatic heterocycles. The SMILES string of the molecule is Cc1cc(NCCNc2nnnn2-c2ccccc2)c2ccccc2n1. The molecule has 7 heteroatoms. The van der Waals surface area contributed by atoms with Crippen molar-refractivity contribution in [2.45, 2.75) is 6.92 Å². The van der Waals surface area contributed by atoms with Crippen LogP contribution in [0.4, 0.5) is 11.6 Å². The van der Waals surface area contributed by atoms with Crippen LogP contribution in [0.25, 0.3) is 16.6 Å². The molecule has 2 heterocycles. The Kier molecular flexibility index (Phi) is 4.42. The van der Waals surface area contributed by atoms with Gasteiger partial charge in [0.1, 0.15) is 0 Å². The number of rotatable bonds is 6. The first-order chi connectivity index (χ1) is 12.8. The van der Waals surface area contributed by atoms with Crippen LogP contribution in [0.2, 0.25) is 0 Å². The summed E-state index contributed by atoms with van der Waals surface area (Å²) < 4.78 is 1.69. The number of aromatic nitrogens is 5. The van der Waals surface area contributed by atoms with Crippen molar-refractivity contribution >= 4 is 22.5 Å². The topological polar surface area (TPSA) is 80.5 Å². The molecule has 0 amide bonds. The van der Waals surface area contributed by atoms with Crippen LogP contribution < -0.4 is 10.6 Å². The second-order valence-corrected chi connectivity index (χ2v) is 5.93. The van der Waals surface area contributed by atoms with E-state index in [0.29, 0.717) is 12.5 Å². The van der Waals surface area contributed by atoms with Gasteiger partial charge in [0, 0.05) is 29.9 Å². The Morgan fingerprint density at radius 2 is 1.69 bits per heavy atom. The van der Waals surface area contributed by atoms with Crippen molar-refractivity contribution in [3.05, 3.63) is 66.4 Å². The number of anilines is 2. The van der Waals surface area contributed by atoms with Crippen molar-refractivity contribution in [2.24, 2.45) is 0 Å². The van der Waals surface area contributed by atoms with E-state index in [0.717, 1.165) is 34.5 Å². The van der Waals surface area contributed by atoms with E-state index in [-0.39, 0.29) is 0 Å². The van der Waals surface area contributed by atoms with Gasteiger partial charge in [-0.15, -0.1) is 0 Å². The largest absolute Gasteiger partial charge is 0.383 e. The number of para-hydroxylation sites is 2. The van der Waals surface area contributed by atoms with Crippen molar-refractivity contribution in [3.63, 3.8) is 0 Å². The molecule has 130 valence electrons. The molecule has 2 N–H and O–H groups in total. The lowest BCUT2D eigenvalue weighted by molar-refractivity contribution is 0.789. The Morgan fingerprint density at radius 1 is 0.923 bits per heavy atom. The standard InChI is InChI=1S/C19H19N7/c1-14-13-18(16-9-5-6-10-17(16)22-14)20-11-12-21-19-23-24-25-26(19)15-7-3-2-4-8-15/h2-10,13H,11-12H2,1H3,(H,20,22)(H,21,23,25). The predicted molar refractivity (Wildman–Crippen MR) is 103 cm³/mol. The van der Waals surface area contributed by atoms with Gasteiger partial charge in [0.05, 0.1) is 11.2 Å². The lowest BCUT2D eigenvalue weighted by Gasteiger charge is -2.11. The maximum atomic E-state index is 4.56. The Labute approximate surface area is 151 Å². The van der Waals surface area contributed by atoms with Gasteiger partial charge >= 0.3 is 0 Å². The molecule has 4 aromatic rings. The second-order valence-electron chi connectivity index (χ2n) is 5.93. The first-order valence-electron chi connectivity index (χ1n) is 8.49. The van der Waals surface area contributed by atoms with Crippen molar-refractivity contribution in [2.75, 3.05) is 23.7 Å². The van der Waals surface area contributed by atoms with Crippen LogP contribution in [0, 0.1) is 6.92 Å². The van der Waals surface area contributed by atoms with Crippen molar-refractivity contribution in [3.8, 4) is 5.69 Å². The Hall–Kier alpha value is -3.48. The second kappa shape index (κ2) is 7.18. The highest BCUT2D eigenvalue weighted by molar-refractivity contribution is 5.91. The fourth-order valence-electron chi connectivity index (χ4n) is 2.87. The number of fused-ring (bicyclic) bond motifs is 1. The average molecular weight is 345 g/mol. The summed E-state index contributed by atoms with van der Waals surface area (Å²) in [5.74, 6) is 0.619. The molecule has 0 aliphatic carbocycles. The third-order valence-electron chi connectivity index (χ3n) is 4.04. The molecule has 0 fully saturated rings. The molecule has 2 aromatic carbocycles. The van der Waals surface area contributed by atoms with E-state index in [4.69, 9.17) is 0 Å². The zero-order valence-electron chi connectivity index (χ0n) is 14.4. The van der Waals surface area contributed by atoms with Gasteiger partial charge in [-0.3, -0.25) is 4.98 Å². The number of benzene rings is 2. The average Bonchev–Trinajstić information content (AvgIpc) is 3.14. The summed E-state index contributed by atoms with van der Waals surface area (Å²) in [6.45, 7) is 3.42. The number of aryl methyl sites for hydroxylation is 1. The Balaban J connectivity index is 1.42. The maximum Gasteiger partial charge on any atom is 0.247 e. The normalized spacial score (nSPS) is 10.8.